The van der Waals surface area contributed by atoms with Gasteiger partial charge >= 0.3 is 12.0 Å². The molecule has 0 saturated carbocycles. The molecule has 1 saturated heterocycles. The number of benzene rings is 1. The van der Waals surface area contributed by atoms with E-state index < -0.39 is 42.4 Å². The number of hydrogen-bond acceptors (Lipinski definition) is 7. The van der Waals surface area contributed by atoms with Crippen molar-refractivity contribution in [3.63, 3.8) is 0 Å². The third kappa shape index (κ3) is 4.49. The lowest BCUT2D eigenvalue weighted by atomic mass is 9.92. The Hall–Kier alpha value is -3.10. The Morgan fingerprint density at radius 3 is 2.69 bits per heavy atom. The van der Waals surface area contributed by atoms with E-state index in [1.807, 2.05) is 13.8 Å². The van der Waals surface area contributed by atoms with E-state index >= 15 is 0 Å². The van der Waals surface area contributed by atoms with Crippen molar-refractivity contribution in [3.05, 3.63) is 23.8 Å². The number of ketones is 1. The van der Waals surface area contributed by atoms with E-state index in [0.717, 1.165) is 11.3 Å². The molecule has 0 spiro atoms. The molecular formula is C20H24N2O7. The van der Waals surface area contributed by atoms with Crippen molar-refractivity contribution in [1.82, 2.24) is 10.2 Å². The average Bonchev–Trinajstić information content (AvgIpc) is 3.22. The molecule has 2 aliphatic rings. The highest BCUT2D eigenvalue weighted by Crippen LogP contribution is 2.32. The van der Waals surface area contributed by atoms with Gasteiger partial charge in [-0.05, 0) is 43.9 Å². The maximum atomic E-state index is 12.6. The number of carbonyl (C=O) groups excluding carboxylic acids is 4. The summed E-state index contributed by atoms with van der Waals surface area (Å²) in [4.78, 5) is 49.9. The van der Waals surface area contributed by atoms with Gasteiger partial charge in [-0.25, -0.2) is 4.79 Å². The minimum atomic E-state index is -1.04. The van der Waals surface area contributed by atoms with Gasteiger partial charge in [-0.15, -0.1) is 0 Å². The molecule has 0 unspecified atom stereocenters. The Labute approximate surface area is 168 Å². The summed E-state index contributed by atoms with van der Waals surface area (Å²) in [5.74, 6) is -0.383. The molecule has 3 amide bonds. The van der Waals surface area contributed by atoms with Crippen LogP contribution in [0.15, 0.2) is 18.2 Å². The third-order valence-electron chi connectivity index (χ3n) is 4.91. The van der Waals surface area contributed by atoms with Gasteiger partial charge in [0.1, 0.15) is 12.1 Å². The van der Waals surface area contributed by atoms with E-state index in [2.05, 4.69) is 5.32 Å². The number of hydrogen-bond donors (Lipinski definition) is 1. The Morgan fingerprint density at radius 2 is 1.97 bits per heavy atom. The Bertz CT molecular complexity index is 851. The number of nitrogens with one attached hydrogen (secondary N) is 1. The zero-order valence-electron chi connectivity index (χ0n) is 16.6. The van der Waals surface area contributed by atoms with E-state index in [1.165, 1.54) is 6.07 Å². The van der Waals surface area contributed by atoms with Gasteiger partial charge in [0.05, 0.1) is 0 Å². The van der Waals surface area contributed by atoms with Gasteiger partial charge in [0.2, 0.25) is 6.79 Å². The lowest BCUT2D eigenvalue weighted by Crippen LogP contribution is -2.44. The number of amides is 3. The van der Waals surface area contributed by atoms with Crippen LogP contribution in [0.4, 0.5) is 4.79 Å². The molecule has 0 aliphatic carbocycles. The van der Waals surface area contributed by atoms with Crippen LogP contribution in [0.25, 0.3) is 0 Å². The predicted molar refractivity (Wildman–Crippen MR) is 101 cm³/mol. The quantitative estimate of drug-likeness (QED) is 0.400. The van der Waals surface area contributed by atoms with E-state index in [0.29, 0.717) is 29.4 Å². The van der Waals surface area contributed by atoms with Crippen LogP contribution in [0.3, 0.4) is 0 Å². The van der Waals surface area contributed by atoms with E-state index in [-0.39, 0.29) is 6.79 Å². The summed E-state index contributed by atoms with van der Waals surface area (Å²) in [6, 6.07) is 4.01. The summed E-state index contributed by atoms with van der Waals surface area (Å²) in [6.45, 7) is 4.73. The first kappa shape index (κ1) is 20.6. The summed E-state index contributed by atoms with van der Waals surface area (Å²) >= 11 is 0. The van der Waals surface area contributed by atoms with Crippen LogP contribution in [0, 0.1) is 5.92 Å². The molecule has 1 atom stereocenters. The molecule has 1 aromatic rings. The van der Waals surface area contributed by atoms with Gasteiger partial charge < -0.3 is 19.5 Å². The van der Waals surface area contributed by atoms with Gasteiger partial charge in [-0.3, -0.25) is 19.3 Å². The first-order valence-electron chi connectivity index (χ1n) is 9.42. The fourth-order valence-corrected chi connectivity index (χ4v) is 3.11. The highest BCUT2D eigenvalue weighted by Gasteiger charge is 2.48. The number of fused-ring (bicyclic) bond motifs is 1. The summed E-state index contributed by atoms with van der Waals surface area (Å²) in [7, 11) is 0. The van der Waals surface area contributed by atoms with E-state index in [1.54, 1.807) is 19.1 Å². The summed E-state index contributed by atoms with van der Waals surface area (Å²) in [5.41, 5.74) is -0.734. The molecule has 2 aliphatic heterocycles. The number of nitrogens with zero attached hydrogens (tertiary/aromatic N) is 1. The zero-order chi connectivity index (χ0) is 21.2. The van der Waals surface area contributed by atoms with Crippen molar-refractivity contribution >= 4 is 23.7 Å². The van der Waals surface area contributed by atoms with Crippen LogP contribution < -0.4 is 14.8 Å². The van der Waals surface area contributed by atoms with Crippen molar-refractivity contribution in [1.29, 1.82) is 0 Å². The molecule has 1 N–H and O–H groups in total. The maximum Gasteiger partial charge on any atom is 0.326 e. The molecular weight excluding hydrogens is 380 g/mol. The third-order valence-corrected chi connectivity index (χ3v) is 4.91. The van der Waals surface area contributed by atoms with Crippen molar-refractivity contribution in [2.75, 3.05) is 19.9 Å². The summed E-state index contributed by atoms with van der Waals surface area (Å²) < 4.78 is 15.4. The number of imide groups is 1. The molecule has 156 valence electrons. The predicted octanol–water partition coefficient (Wildman–Crippen LogP) is 1.89. The van der Waals surface area contributed by atoms with Crippen molar-refractivity contribution < 1.29 is 33.4 Å². The normalized spacial score (nSPS) is 20.2. The molecule has 1 fully saturated rings. The van der Waals surface area contributed by atoms with Crippen molar-refractivity contribution in [2.45, 2.75) is 39.2 Å². The van der Waals surface area contributed by atoms with Crippen LogP contribution in [-0.2, 0) is 14.3 Å². The first-order chi connectivity index (χ1) is 13.7. The number of rotatable bonds is 8. The molecule has 0 aromatic heterocycles. The smallest absolute Gasteiger partial charge is 0.326 e. The Balaban J connectivity index is 1.53. The molecule has 3 rings (SSSR count). The lowest BCUT2D eigenvalue weighted by molar-refractivity contribution is -0.146. The number of carbonyl (C=O) groups is 4. The minimum Gasteiger partial charge on any atom is -0.456 e. The van der Waals surface area contributed by atoms with Crippen molar-refractivity contribution in [3.8, 4) is 11.5 Å². The highest BCUT2D eigenvalue weighted by molar-refractivity contribution is 6.08. The zero-order valence-corrected chi connectivity index (χ0v) is 16.6. The summed E-state index contributed by atoms with van der Waals surface area (Å²) in [5, 5.41) is 2.64. The second kappa shape index (κ2) is 8.10. The van der Waals surface area contributed by atoms with Crippen LogP contribution in [-0.4, -0.2) is 54.1 Å². The van der Waals surface area contributed by atoms with Crippen LogP contribution >= 0.6 is 0 Å². The second-order valence-electron chi connectivity index (χ2n) is 7.74. The molecule has 9 nitrogen and oxygen atoms in total. The van der Waals surface area contributed by atoms with Gasteiger partial charge in [-0.1, -0.05) is 13.8 Å². The number of esters is 1. The minimum absolute atomic E-state index is 0.0873. The fraction of sp³-hybridized carbons (Fsp3) is 0.500. The van der Waals surface area contributed by atoms with E-state index in [4.69, 9.17) is 14.2 Å². The Morgan fingerprint density at radius 1 is 1.24 bits per heavy atom. The van der Waals surface area contributed by atoms with Crippen molar-refractivity contribution in [2.24, 2.45) is 5.92 Å². The molecule has 0 bridgehead atoms. The molecule has 2 heterocycles. The monoisotopic (exact) mass is 404 g/mol. The van der Waals surface area contributed by atoms with Gasteiger partial charge in [0, 0.05) is 5.56 Å². The lowest BCUT2D eigenvalue weighted by Gasteiger charge is -2.22. The van der Waals surface area contributed by atoms with Gasteiger partial charge in [-0.2, -0.15) is 0 Å². The first-order valence-corrected chi connectivity index (χ1v) is 9.42. The van der Waals surface area contributed by atoms with Gasteiger partial charge in [0.25, 0.3) is 5.91 Å². The van der Waals surface area contributed by atoms with Crippen LogP contribution in [0.5, 0.6) is 11.5 Å². The van der Waals surface area contributed by atoms with Crippen LogP contribution in [0.2, 0.25) is 0 Å². The average molecular weight is 404 g/mol. The number of Topliss-reactive ketones (excluding diaryl/α,β-unsaturated/α-hetero) is 1. The summed E-state index contributed by atoms with van der Waals surface area (Å²) in [6.07, 6.45) is 1.23. The number of ether oxygens (including phenoxy) is 3. The Kier molecular flexibility index (Phi) is 5.76. The topological polar surface area (TPSA) is 111 Å². The van der Waals surface area contributed by atoms with Crippen LogP contribution in [0.1, 0.15) is 44.0 Å². The van der Waals surface area contributed by atoms with E-state index in [9.17, 15) is 19.2 Å². The second-order valence-corrected chi connectivity index (χ2v) is 7.74. The standard InChI is InChI=1S/C20H24N2O7/c1-12(2)6-7-20(3)18(25)22(19(26)21-20)9-17(24)27-10-14(23)13-4-5-15-16(8-13)29-11-28-15/h4-5,8,12H,6-7,9-11H2,1-3H3,(H,21,26)/t20-/m0/s1. The van der Waals surface area contributed by atoms with Gasteiger partial charge in [0.15, 0.2) is 23.9 Å². The highest BCUT2D eigenvalue weighted by atomic mass is 16.7. The SMILES string of the molecule is CC(C)CC[C@]1(C)NC(=O)N(CC(=O)OCC(=O)c2ccc3c(c2)OCO3)C1=O. The molecule has 29 heavy (non-hydrogen) atoms. The fourth-order valence-electron chi connectivity index (χ4n) is 3.11. The molecule has 9 heteroatoms. The largest absolute Gasteiger partial charge is 0.456 e. The molecule has 1 aromatic carbocycles. The maximum absolute atomic E-state index is 12.6. The molecule has 0 radical (unpaired) electrons. The number of urea groups is 1.